The Morgan fingerprint density at radius 3 is 2.62 bits per heavy atom. The fraction of sp³-hybridized carbons (Fsp3) is 0.625. The molecule has 1 aromatic rings. The average molecular weight is 316 g/mol. The van der Waals surface area contributed by atoms with Crippen molar-refractivity contribution in [3.8, 4) is 0 Å². The molecule has 0 spiro atoms. The van der Waals surface area contributed by atoms with Crippen LogP contribution in [0, 0.1) is 5.92 Å². The normalized spacial score (nSPS) is 14.4. The molecule has 120 valence electrons. The van der Waals surface area contributed by atoms with Crippen LogP contribution in [0.5, 0.6) is 0 Å². The minimum atomic E-state index is -0.576. The van der Waals surface area contributed by atoms with Gasteiger partial charge in [0.1, 0.15) is 0 Å². The van der Waals surface area contributed by atoms with Gasteiger partial charge in [0, 0.05) is 24.2 Å². The molecule has 0 aliphatic carbocycles. The smallest absolute Gasteiger partial charge is 0.0897 e. The Hall–Kier alpha value is -0.650. The van der Waals surface area contributed by atoms with E-state index >= 15 is 0 Å². The Bertz CT molecular complexity index is 401. The number of aliphatic hydroxyl groups is 2. The topological polar surface area (TPSA) is 61.7 Å². The van der Waals surface area contributed by atoms with E-state index in [4.69, 9.17) is 21.4 Å². The van der Waals surface area contributed by atoms with E-state index in [1.807, 2.05) is 24.3 Å². The fourth-order valence-electron chi connectivity index (χ4n) is 2.08. The van der Waals surface area contributed by atoms with Crippen molar-refractivity contribution >= 4 is 11.6 Å². The molecule has 2 atom stereocenters. The van der Waals surface area contributed by atoms with Crippen molar-refractivity contribution in [2.45, 2.75) is 39.0 Å². The molecule has 3 N–H and O–H groups in total. The molecule has 0 aliphatic heterocycles. The largest absolute Gasteiger partial charge is 0.396 e. The standard InChI is InChI=1S/C16H26ClNO3/c1-12(2)16(7-8-19)18-9-14(20)11-21-10-13-5-3-4-6-15(13)17/h3-6,12,14,16,18-20H,7-11H2,1-2H3. The third kappa shape index (κ3) is 7.25. The van der Waals surface area contributed by atoms with Crippen LogP contribution in [0.2, 0.25) is 5.02 Å². The maximum Gasteiger partial charge on any atom is 0.0897 e. The molecule has 0 saturated carbocycles. The first-order valence-corrected chi connectivity index (χ1v) is 7.75. The Balaban J connectivity index is 2.25. The van der Waals surface area contributed by atoms with E-state index in [-0.39, 0.29) is 19.3 Å². The van der Waals surface area contributed by atoms with Crippen LogP contribution in [0.3, 0.4) is 0 Å². The predicted molar refractivity (Wildman–Crippen MR) is 85.4 cm³/mol. The van der Waals surface area contributed by atoms with Crippen LogP contribution < -0.4 is 5.32 Å². The molecule has 5 heteroatoms. The number of hydrogen-bond acceptors (Lipinski definition) is 4. The van der Waals surface area contributed by atoms with Gasteiger partial charge in [0.15, 0.2) is 0 Å². The molecule has 0 aliphatic rings. The number of aliphatic hydroxyl groups excluding tert-OH is 2. The summed E-state index contributed by atoms with van der Waals surface area (Å²) in [7, 11) is 0. The quantitative estimate of drug-likeness (QED) is 0.619. The average Bonchev–Trinajstić information content (AvgIpc) is 2.45. The van der Waals surface area contributed by atoms with Crippen LogP contribution in [0.25, 0.3) is 0 Å². The van der Waals surface area contributed by atoms with Crippen LogP contribution in [0.1, 0.15) is 25.8 Å². The van der Waals surface area contributed by atoms with Crippen LogP contribution in [-0.2, 0) is 11.3 Å². The number of hydrogen-bond donors (Lipinski definition) is 3. The van der Waals surface area contributed by atoms with Gasteiger partial charge in [-0.15, -0.1) is 0 Å². The summed E-state index contributed by atoms with van der Waals surface area (Å²) < 4.78 is 5.49. The first kappa shape index (κ1) is 18.4. The highest BCUT2D eigenvalue weighted by atomic mass is 35.5. The van der Waals surface area contributed by atoms with Crippen LogP contribution in [0.15, 0.2) is 24.3 Å². The molecule has 21 heavy (non-hydrogen) atoms. The molecular weight excluding hydrogens is 290 g/mol. The monoisotopic (exact) mass is 315 g/mol. The summed E-state index contributed by atoms with van der Waals surface area (Å²) in [5, 5.41) is 22.9. The minimum Gasteiger partial charge on any atom is -0.396 e. The van der Waals surface area contributed by atoms with Gasteiger partial charge >= 0.3 is 0 Å². The molecule has 0 fully saturated rings. The van der Waals surface area contributed by atoms with Gasteiger partial charge < -0.3 is 20.3 Å². The molecule has 2 unspecified atom stereocenters. The predicted octanol–water partition coefficient (Wildman–Crippen LogP) is 2.21. The van der Waals surface area contributed by atoms with Crippen molar-refractivity contribution in [3.63, 3.8) is 0 Å². The van der Waals surface area contributed by atoms with Crippen molar-refractivity contribution in [2.24, 2.45) is 5.92 Å². The van der Waals surface area contributed by atoms with Gasteiger partial charge in [-0.2, -0.15) is 0 Å². The summed E-state index contributed by atoms with van der Waals surface area (Å²) in [5.74, 6) is 0.411. The number of halogens is 1. The molecule has 0 heterocycles. The third-order valence-electron chi connectivity index (χ3n) is 3.39. The zero-order chi connectivity index (χ0) is 15.7. The van der Waals surface area contributed by atoms with E-state index in [1.165, 1.54) is 0 Å². The molecule has 0 radical (unpaired) electrons. The van der Waals surface area contributed by atoms with Gasteiger partial charge in [-0.3, -0.25) is 0 Å². The van der Waals surface area contributed by atoms with Gasteiger partial charge in [0.25, 0.3) is 0 Å². The van der Waals surface area contributed by atoms with Crippen LogP contribution in [0.4, 0.5) is 0 Å². The summed E-state index contributed by atoms with van der Waals surface area (Å²) in [5.41, 5.74) is 0.916. The molecule has 1 rings (SSSR count). The lowest BCUT2D eigenvalue weighted by Gasteiger charge is -2.23. The zero-order valence-corrected chi connectivity index (χ0v) is 13.5. The Kier molecular flexibility index (Phi) is 8.88. The van der Waals surface area contributed by atoms with E-state index < -0.39 is 6.10 Å². The maximum atomic E-state index is 9.91. The van der Waals surface area contributed by atoms with E-state index in [2.05, 4.69) is 19.2 Å². The van der Waals surface area contributed by atoms with E-state index in [1.54, 1.807) is 0 Å². The van der Waals surface area contributed by atoms with E-state index in [0.717, 1.165) is 5.56 Å². The van der Waals surface area contributed by atoms with Gasteiger partial charge in [-0.25, -0.2) is 0 Å². The van der Waals surface area contributed by atoms with Crippen LogP contribution in [-0.4, -0.2) is 42.1 Å². The molecule has 1 aromatic carbocycles. The molecule has 0 aromatic heterocycles. The summed E-state index contributed by atoms with van der Waals surface area (Å²) >= 11 is 6.03. The summed E-state index contributed by atoms with van der Waals surface area (Å²) in [6.07, 6.45) is 0.109. The van der Waals surface area contributed by atoms with Crippen LogP contribution >= 0.6 is 11.6 Å². The second-order valence-corrected chi connectivity index (χ2v) is 5.94. The highest BCUT2D eigenvalue weighted by Gasteiger charge is 2.14. The second kappa shape index (κ2) is 10.1. The van der Waals surface area contributed by atoms with Crippen molar-refractivity contribution in [1.82, 2.24) is 5.32 Å². The van der Waals surface area contributed by atoms with Crippen molar-refractivity contribution < 1.29 is 14.9 Å². The summed E-state index contributed by atoms with van der Waals surface area (Å²) in [4.78, 5) is 0. The first-order valence-electron chi connectivity index (χ1n) is 7.38. The summed E-state index contributed by atoms with van der Waals surface area (Å²) in [6.45, 7) is 5.42. The number of nitrogens with one attached hydrogen (secondary N) is 1. The Morgan fingerprint density at radius 2 is 2.00 bits per heavy atom. The van der Waals surface area contributed by atoms with E-state index in [0.29, 0.717) is 30.5 Å². The highest BCUT2D eigenvalue weighted by Crippen LogP contribution is 2.15. The number of benzene rings is 1. The van der Waals surface area contributed by atoms with Crippen molar-refractivity contribution in [1.29, 1.82) is 0 Å². The molecule has 0 bridgehead atoms. The third-order valence-corrected chi connectivity index (χ3v) is 3.75. The molecule has 0 saturated heterocycles. The van der Waals surface area contributed by atoms with Crippen molar-refractivity contribution in [2.75, 3.05) is 19.8 Å². The fourth-order valence-corrected chi connectivity index (χ4v) is 2.27. The van der Waals surface area contributed by atoms with Gasteiger partial charge in [-0.1, -0.05) is 43.6 Å². The van der Waals surface area contributed by atoms with Gasteiger partial charge in [-0.05, 0) is 24.0 Å². The Labute approximate surface area is 132 Å². The lowest BCUT2D eigenvalue weighted by molar-refractivity contribution is 0.0264. The molecule has 0 amide bonds. The summed E-state index contributed by atoms with van der Waals surface area (Å²) in [6, 6.07) is 7.71. The lowest BCUT2D eigenvalue weighted by Crippen LogP contribution is -2.40. The second-order valence-electron chi connectivity index (χ2n) is 5.53. The van der Waals surface area contributed by atoms with E-state index in [9.17, 15) is 5.11 Å². The van der Waals surface area contributed by atoms with Crippen molar-refractivity contribution in [3.05, 3.63) is 34.9 Å². The lowest BCUT2D eigenvalue weighted by atomic mass is 10.0. The maximum absolute atomic E-state index is 9.91. The number of rotatable bonds is 10. The van der Waals surface area contributed by atoms with Gasteiger partial charge in [0.05, 0.1) is 19.3 Å². The van der Waals surface area contributed by atoms with Gasteiger partial charge in [0.2, 0.25) is 0 Å². The SMILES string of the molecule is CC(C)C(CCO)NCC(O)COCc1ccccc1Cl. The Morgan fingerprint density at radius 1 is 1.29 bits per heavy atom. The zero-order valence-electron chi connectivity index (χ0n) is 12.8. The first-order chi connectivity index (χ1) is 10.0. The molecular formula is C16H26ClNO3. The number of ether oxygens (including phenoxy) is 1. The highest BCUT2D eigenvalue weighted by molar-refractivity contribution is 6.31. The minimum absolute atomic E-state index is 0.148. The molecule has 4 nitrogen and oxygen atoms in total.